The molecule has 2 aromatic rings. The predicted octanol–water partition coefficient (Wildman–Crippen LogP) is 2.40. The molecule has 84 valence electrons. The van der Waals surface area contributed by atoms with E-state index in [1.807, 2.05) is 24.3 Å². The van der Waals surface area contributed by atoms with Crippen LogP contribution in [0.15, 0.2) is 35.2 Å². The molecule has 5 heteroatoms. The summed E-state index contributed by atoms with van der Waals surface area (Å²) in [6.45, 7) is 0. The first-order chi connectivity index (χ1) is 8.22. The van der Waals surface area contributed by atoms with E-state index in [9.17, 15) is 4.79 Å². The second-order valence-electron chi connectivity index (χ2n) is 3.81. The number of carbonyl (C=O) groups excluding carboxylic acids is 1. The minimum Gasteiger partial charge on any atom is -0.326 e. The summed E-state index contributed by atoms with van der Waals surface area (Å²) in [7, 11) is 0. The lowest BCUT2D eigenvalue weighted by molar-refractivity contribution is -0.115. The van der Waals surface area contributed by atoms with Crippen LogP contribution in [-0.2, 0) is 11.2 Å². The lowest BCUT2D eigenvalue weighted by atomic mass is 10.1. The predicted molar refractivity (Wildman–Crippen MR) is 67.5 cm³/mol. The highest BCUT2D eigenvalue weighted by Gasteiger charge is 2.17. The third kappa shape index (κ3) is 1.93. The van der Waals surface area contributed by atoms with Gasteiger partial charge < -0.3 is 5.32 Å². The fraction of sp³-hybridized carbons (Fsp3) is 0.0833. The molecule has 0 saturated heterocycles. The molecule has 1 aromatic heterocycles. The molecule has 1 aromatic carbocycles. The zero-order valence-electron chi connectivity index (χ0n) is 8.77. The number of amides is 1. The number of nitrogens with zero attached hydrogens (tertiary/aromatic N) is 2. The minimum absolute atomic E-state index is 0.0426. The van der Waals surface area contributed by atoms with Gasteiger partial charge in [-0.15, -0.1) is 0 Å². The molecule has 0 spiro atoms. The number of hydrogen-bond acceptors (Lipinski definition) is 3. The van der Waals surface area contributed by atoms with E-state index in [4.69, 9.17) is 0 Å². The Hall–Kier alpha value is -1.75. The summed E-state index contributed by atoms with van der Waals surface area (Å²) in [6.07, 6.45) is 2.14. The number of hydrogen-bond donors (Lipinski definition) is 1. The van der Waals surface area contributed by atoms with Crippen molar-refractivity contribution < 1.29 is 4.79 Å². The molecule has 17 heavy (non-hydrogen) atoms. The van der Waals surface area contributed by atoms with E-state index in [-0.39, 0.29) is 5.91 Å². The fourth-order valence-corrected chi connectivity index (χ4v) is 2.19. The quantitative estimate of drug-likeness (QED) is 0.820. The van der Waals surface area contributed by atoms with Crippen molar-refractivity contribution in [3.63, 3.8) is 0 Å². The molecule has 1 aliphatic heterocycles. The Kier molecular flexibility index (Phi) is 2.40. The number of anilines is 1. The molecule has 0 unspecified atom stereocenters. The topological polar surface area (TPSA) is 54.9 Å². The number of carbonyl (C=O) groups is 1. The maximum atomic E-state index is 11.3. The third-order valence-electron chi connectivity index (χ3n) is 2.65. The normalized spacial score (nSPS) is 13.4. The van der Waals surface area contributed by atoms with Crippen LogP contribution in [0, 0.1) is 0 Å². The van der Waals surface area contributed by atoms with Crippen molar-refractivity contribution in [3.8, 4) is 11.3 Å². The Balaban J connectivity index is 2.06. The van der Waals surface area contributed by atoms with Gasteiger partial charge in [-0.3, -0.25) is 4.79 Å². The lowest BCUT2D eigenvalue weighted by Crippen LogP contribution is -2.03. The van der Waals surface area contributed by atoms with Gasteiger partial charge in [0, 0.05) is 17.4 Å². The standard InChI is InChI=1S/C12H8BrN3O/c13-12-14-4-3-10(16-12)7-1-2-9-8(5-7)6-11(17)15-9/h1-5H,6H2,(H,15,17). The van der Waals surface area contributed by atoms with Crippen LogP contribution < -0.4 is 5.32 Å². The van der Waals surface area contributed by atoms with Crippen LogP contribution in [0.1, 0.15) is 5.56 Å². The summed E-state index contributed by atoms with van der Waals surface area (Å²) in [5.41, 5.74) is 3.74. The van der Waals surface area contributed by atoms with Crippen LogP contribution in [0.3, 0.4) is 0 Å². The number of halogens is 1. The first-order valence-corrected chi connectivity index (χ1v) is 5.93. The third-order valence-corrected chi connectivity index (χ3v) is 3.03. The van der Waals surface area contributed by atoms with E-state index in [1.165, 1.54) is 0 Å². The average Bonchev–Trinajstić information content (AvgIpc) is 2.68. The molecule has 1 amide bonds. The van der Waals surface area contributed by atoms with Gasteiger partial charge in [0.15, 0.2) is 4.73 Å². The molecule has 0 bridgehead atoms. The SMILES string of the molecule is O=C1Cc2cc(-c3ccnc(Br)n3)ccc2N1. The zero-order chi connectivity index (χ0) is 11.8. The first-order valence-electron chi connectivity index (χ1n) is 5.14. The number of fused-ring (bicyclic) bond motifs is 1. The van der Waals surface area contributed by atoms with E-state index >= 15 is 0 Å². The Morgan fingerprint density at radius 3 is 3.00 bits per heavy atom. The summed E-state index contributed by atoms with van der Waals surface area (Å²) in [5.74, 6) is 0.0426. The summed E-state index contributed by atoms with van der Waals surface area (Å²) in [4.78, 5) is 19.5. The molecular formula is C12H8BrN3O. The Bertz CT molecular complexity index is 612. The fourth-order valence-electron chi connectivity index (χ4n) is 1.88. The highest BCUT2D eigenvalue weighted by atomic mass is 79.9. The minimum atomic E-state index is 0.0426. The van der Waals surface area contributed by atoms with Gasteiger partial charge in [-0.05, 0) is 39.7 Å². The van der Waals surface area contributed by atoms with Gasteiger partial charge in [0.1, 0.15) is 0 Å². The van der Waals surface area contributed by atoms with Crippen LogP contribution in [0.2, 0.25) is 0 Å². The largest absolute Gasteiger partial charge is 0.326 e. The molecule has 4 nitrogen and oxygen atoms in total. The van der Waals surface area contributed by atoms with Crippen molar-refractivity contribution in [1.29, 1.82) is 0 Å². The van der Waals surface area contributed by atoms with Gasteiger partial charge in [0.05, 0.1) is 12.1 Å². The second-order valence-corrected chi connectivity index (χ2v) is 4.52. The van der Waals surface area contributed by atoms with Gasteiger partial charge in [0.25, 0.3) is 0 Å². The monoisotopic (exact) mass is 289 g/mol. The van der Waals surface area contributed by atoms with Gasteiger partial charge in [-0.1, -0.05) is 6.07 Å². The summed E-state index contributed by atoms with van der Waals surface area (Å²) < 4.78 is 0.560. The van der Waals surface area contributed by atoms with Crippen molar-refractivity contribution in [2.75, 3.05) is 5.32 Å². The van der Waals surface area contributed by atoms with Crippen molar-refractivity contribution in [2.45, 2.75) is 6.42 Å². The van der Waals surface area contributed by atoms with Crippen molar-refractivity contribution in [3.05, 3.63) is 40.8 Å². The molecule has 0 fully saturated rings. The van der Waals surface area contributed by atoms with E-state index in [2.05, 4.69) is 31.2 Å². The summed E-state index contributed by atoms with van der Waals surface area (Å²) in [6, 6.07) is 7.68. The van der Waals surface area contributed by atoms with E-state index < -0.39 is 0 Å². The van der Waals surface area contributed by atoms with E-state index in [0.717, 1.165) is 22.5 Å². The molecule has 0 aliphatic carbocycles. The Labute approximate surface area is 106 Å². The van der Waals surface area contributed by atoms with Crippen LogP contribution in [0.5, 0.6) is 0 Å². The zero-order valence-corrected chi connectivity index (χ0v) is 10.4. The first kappa shape index (κ1) is 10.4. The molecular weight excluding hydrogens is 282 g/mol. The van der Waals surface area contributed by atoms with E-state index in [0.29, 0.717) is 11.2 Å². The Morgan fingerprint density at radius 2 is 2.18 bits per heavy atom. The summed E-state index contributed by atoms with van der Waals surface area (Å²) >= 11 is 3.24. The molecule has 2 heterocycles. The van der Waals surface area contributed by atoms with Gasteiger partial charge in [0.2, 0.25) is 5.91 Å². The van der Waals surface area contributed by atoms with Crippen molar-refractivity contribution in [2.24, 2.45) is 0 Å². The number of rotatable bonds is 1. The van der Waals surface area contributed by atoms with Crippen LogP contribution in [-0.4, -0.2) is 15.9 Å². The smallest absolute Gasteiger partial charge is 0.228 e. The molecule has 0 radical (unpaired) electrons. The van der Waals surface area contributed by atoms with E-state index in [1.54, 1.807) is 6.20 Å². The maximum Gasteiger partial charge on any atom is 0.228 e. The average molecular weight is 290 g/mol. The van der Waals surface area contributed by atoms with Crippen molar-refractivity contribution in [1.82, 2.24) is 9.97 Å². The number of aromatic nitrogens is 2. The van der Waals surface area contributed by atoms with Crippen LogP contribution >= 0.6 is 15.9 Å². The molecule has 1 N–H and O–H groups in total. The summed E-state index contributed by atoms with van der Waals surface area (Å²) in [5, 5.41) is 2.81. The lowest BCUT2D eigenvalue weighted by Gasteiger charge is -2.03. The van der Waals surface area contributed by atoms with Crippen LogP contribution in [0.4, 0.5) is 5.69 Å². The van der Waals surface area contributed by atoms with Gasteiger partial charge in [-0.2, -0.15) is 0 Å². The van der Waals surface area contributed by atoms with Gasteiger partial charge >= 0.3 is 0 Å². The molecule has 0 atom stereocenters. The molecule has 0 saturated carbocycles. The van der Waals surface area contributed by atoms with Crippen molar-refractivity contribution >= 4 is 27.5 Å². The second kappa shape index (κ2) is 3.92. The highest BCUT2D eigenvalue weighted by molar-refractivity contribution is 9.10. The highest BCUT2D eigenvalue weighted by Crippen LogP contribution is 2.28. The van der Waals surface area contributed by atoms with Crippen LogP contribution in [0.25, 0.3) is 11.3 Å². The molecule has 1 aliphatic rings. The number of benzene rings is 1. The van der Waals surface area contributed by atoms with Gasteiger partial charge in [-0.25, -0.2) is 9.97 Å². The Morgan fingerprint density at radius 1 is 1.29 bits per heavy atom. The number of nitrogens with one attached hydrogen (secondary N) is 1. The maximum absolute atomic E-state index is 11.3. The molecule has 3 rings (SSSR count).